The Morgan fingerprint density at radius 1 is 1.27 bits per heavy atom. The van der Waals surface area contributed by atoms with Crippen molar-refractivity contribution in [1.82, 2.24) is 4.90 Å². The van der Waals surface area contributed by atoms with Crippen LogP contribution in [-0.2, 0) is 9.22 Å². The van der Waals surface area contributed by atoms with Gasteiger partial charge < -0.3 is 9.33 Å². The topological polar surface area (TPSA) is 29.5 Å². The van der Waals surface area contributed by atoms with Gasteiger partial charge in [0.2, 0.25) is 0 Å². The first-order chi connectivity index (χ1) is 6.97. The molecule has 3 radical (unpaired) electrons. The van der Waals surface area contributed by atoms with E-state index in [1.807, 2.05) is 13.8 Å². The highest BCUT2D eigenvalue weighted by molar-refractivity contribution is 6.06. The van der Waals surface area contributed by atoms with Crippen molar-refractivity contribution in [1.29, 1.82) is 0 Å². The first-order valence-corrected chi connectivity index (χ1v) is 5.99. The molecule has 0 aromatic heterocycles. The van der Waals surface area contributed by atoms with Crippen LogP contribution in [0.3, 0.4) is 0 Å². The Bertz CT molecular complexity index is 189. The molecule has 4 heteroatoms. The van der Waals surface area contributed by atoms with Gasteiger partial charge in [-0.15, -0.1) is 0 Å². The summed E-state index contributed by atoms with van der Waals surface area (Å²) >= 11 is 0. The van der Waals surface area contributed by atoms with E-state index in [0.717, 1.165) is 32.5 Å². The van der Waals surface area contributed by atoms with Gasteiger partial charge in [0.05, 0.1) is 5.41 Å². The first kappa shape index (κ1) is 14.6. The quantitative estimate of drug-likeness (QED) is 0.622. The fourth-order valence-corrected chi connectivity index (χ4v) is 1.94. The van der Waals surface area contributed by atoms with Gasteiger partial charge in [0.1, 0.15) is 0 Å². The molecule has 0 rings (SSSR count). The summed E-state index contributed by atoms with van der Waals surface area (Å²) in [6, 6.07) is 0. The SMILES string of the molecule is CCCN(CCC)CC(C)(C)C(=O)O[Si]. The molecule has 0 aliphatic rings. The van der Waals surface area contributed by atoms with Crippen LogP contribution in [0.25, 0.3) is 0 Å². The molecule has 0 bridgehead atoms. The van der Waals surface area contributed by atoms with Crippen molar-refractivity contribution in [2.75, 3.05) is 19.6 Å². The van der Waals surface area contributed by atoms with Crippen molar-refractivity contribution in [2.24, 2.45) is 5.41 Å². The van der Waals surface area contributed by atoms with Crippen molar-refractivity contribution in [3.63, 3.8) is 0 Å². The van der Waals surface area contributed by atoms with Gasteiger partial charge in [-0.05, 0) is 39.8 Å². The number of hydrogen-bond donors (Lipinski definition) is 0. The normalized spacial score (nSPS) is 11.9. The molecule has 0 aromatic rings. The Kier molecular flexibility index (Phi) is 6.84. The molecule has 0 spiro atoms. The minimum atomic E-state index is -0.452. The standard InChI is InChI=1S/C11H22NO2Si/c1-5-7-12(8-6-2)9-11(3,4)10(13)14-15/h5-9H2,1-4H3. The van der Waals surface area contributed by atoms with Crippen LogP contribution in [0.1, 0.15) is 40.5 Å². The molecule has 0 unspecified atom stereocenters. The van der Waals surface area contributed by atoms with E-state index in [2.05, 4.69) is 33.7 Å². The van der Waals surface area contributed by atoms with Crippen molar-refractivity contribution in [3.8, 4) is 0 Å². The van der Waals surface area contributed by atoms with Gasteiger partial charge in [0.25, 0.3) is 5.97 Å². The number of carbonyl (C=O) groups is 1. The third-order valence-corrected chi connectivity index (χ3v) is 2.53. The molecule has 0 N–H and O–H groups in total. The summed E-state index contributed by atoms with van der Waals surface area (Å²) in [6.45, 7) is 10.9. The van der Waals surface area contributed by atoms with E-state index in [9.17, 15) is 4.79 Å². The van der Waals surface area contributed by atoms with E-state index in [1.54, 1.807) is 0 Å². The van der Waals surface area contributed by atoms with E-state index in [-0.39, 0.29) is 5.97 Å². The zero-order chi connectivity index (χ0) is 11.9. The minimum absolute atomic E-state index is 0.212. The number of rotatable bonds is 7. The fraction of sp³-hybridized carbons (Fsp3) is 0.909. The van der Waals surface area contributed by atoms with Crippen LogP contribution in [0.5, 0.6) is 0 Å². The monoisotopic (exact) mass is 228 g/mol. The fourth-order valence-electron chi connectivity index (χ4n) is 1.66. The molecule has 15 heavy (non-hydrogen) atoms. The molecular weight excluding hydrogens is 206 g/mol. The second-order valence-corrected chi connectivity index (χ2v) is 4.75. The van der Waals surface area contributed by atoms with Gasteiger partial charge in [-0.25, -0.2) is 0 Å². The smallest absolute Gasteiger partial charge is 0.345 e. The van der Waals surface area contributed by atoms with Gasteiger partial charge in [-0.2, -0.15) is 0 Å². The third kappa shape index (κ3) is 5.32. The lowest BCUT2D eigenvalue weighted by Gasteiger charge is -2.30. The van der Waals surface area contributed by atoms with Crippen molar-refractivity contribution >= 4 is 16.5 Å². The highest BCUT2D eigenvalue weighted by Gasteiger charge is 2.30. The maximum absolute atomic E-state index is 11.5. The molecule has 0 atom stereocenters. The Labute approximate surface area is 96.7 Å². The van der Waals surface area contributed by atoms with Crippen LogP contribution in [0.15, 0.2) is 0 Å². The number of nitrogens with zero attached hydrogens (tertiary/aromatic N) is 1. The molecule has 0 saturated heterocycles. The van der Waals surface area contributed by atoms with Gasteiger partial charge in [-0.1, -0.05) is 13.8 Å². The average Bonchev–Trinajstić information content (AvgIpc) is 2.16. The van der Waals surface area contributed by atoms with E-state index in [0.29, 0.717) is 0 Å². The van der Waals surface area contributed by atoms with E-state index < -0.39 is 5.41 Å². The number of carbonyl (C=O) groups excluding carboxylic acids is 1. The summed E-state index contributed by atoms with van der Waals surface area (Å²) in [5.41, 5.74) is -0.452. The second-order valence-electron chi connectivity index (χ2n) is 4.55. The van der Waals surface area contributed by atoms with Crippen LogP contribution >= 0.6 is 0 Å². The highest BCUT2D eigenvalue weighted by atomic mass is 28.2. The maximum Gasteiger partial charge on any atom is 0.345 e. The van der Waals surface area contributed by atoms with E-state index >= 15 is 0 Å². The predicted molar refractivity (Wildman–Crippen MR) is 62.6 cm³/mol. The molecule has 3 nitrogen and oxygen atoms in total. The Morgan fingerprint density at radius 2 is 1.73 bits per heavy atom. The third-order valence-electron chi connectivity index (χ3n) is 2.34. The molecule has 0 fully saturated rings. The summed E-state index contributed by atoms with van der Waals surface area (Å²) < 4.78 is 4.61. The highest BCUT2D eigenvalue weighted by Crippen LogP contribution is 2.19. The van der Waals surface area contributed by atoms with Crippen molar-refractivity contribution in [3.05, 3.63) is 0 Å². The lowest BCUT2D eigenvalue weighted by molar-refractivity contribution is -0.144. The molecule has 0 aliphatic heterocycles. The molecular formula is C11H22NO2Si. The minimum Gasteiger partial charge on any atom is -0.516 e. The van der Waals surface area contributed by atoms with Crippen LogP contribution in [0.2, 0.25) is 0 Å². The van der Waals surface area contributed by atoms with E-state index in [4.69, 9.17) is 0 Å². The zero-order valence-corrected chi connectivity index (χ0v) is 11.3. The van der Waals surface area contributed by atoms with Crippen molar-refractivity contribution < 1.29 is 9.22 Å². The van der Waals surface area contributed by atoms with Crippen LogP contribution in [-0.4, -0.2) is 41.0 Å². The van der Waals surface area contributed by atoms with Crippen LogP contribution < -0.4 is 0 Å². The largest absolute Gasteiger partial charge is 0.516 e. The second kappa shape index (κ2) is 7.01. The van der Waals surface area contributed by atoms with Gasteiger partial charge in [-0.3, -0.25) is 4.79 Å². The Hall–Kier alpha value is -0.353. The molecule has 0 amide bonds. The van der Waals surface area contributed by atoms with Gasteiger partial charge in [0, 0.05) is 6.54 Å². The predicted octanol–water partition coefficient (Wildman–Crippen LogP) is 1.76. The van der Waals surface area contributed by atoms with Gasteiger partial charge in [0.15, 0.2) is 0 Å². The maximum atomic E-state index is 11.5. The zero-order valence-electron chi connectivity index (χ0n) is 10.3. The van der Waals surface area contributed by atoms with Gasteiger partial charge >= 0.3 is 10.5 Å². The average molecular weight is 228 g/mol. The lowest BCUT2D eigenvalue weighted by atomic mass is 9.93. The van der Waals surface area contributed by atoms with E-state index in [1.165, 1.54) is 0 Å². The summed E-state index contributed by atoms with van der Waals surface area (Å²) in [6.07, 6.45) is 2.22. The summed E-state index contributed by atoms with van der Waals surface area (Å²) in [4.78, 5) is 13.8. The molecule has 0 aliphatic carbocycles. The molecule has 0 saturated carbocycles. The molecule has 0 heterocycles. The molecule has 87 valence electrons. The Balaban J connectivity index is 4.29. The number of hydrogen-bond acceptors (Lipinski definition) is 3. The summed E-state index contributed by atoms with van der Waals surface area (Å²) in [5.74, 6) is -0.212. The first-order valence-electron chi connectivity index (χ1n) is 5.58. The Morgan fingerprint density at radius 3 is 2.07 bits per heavy atom. The van der Waals surface area contributed by atoms with Crippen LogP contribution in [0, 0.1) is 5.41 Å². The van der Waals surface area contributed by atoms with Crippen LogP contribution in [0.4, 0.5) is 0 Å². The van der Waals surface area contributed by atoms with Crippen molar-refractivity contribution in [2.45, 2.75) is 40.5 Å². The summed E-state index contributed by atoms with van der Waals surface area (Å²) in [5, 5.41) is 0. The summed E-state index contributed by atoms with van der Waals surface area (Å²) in [7, 11) is 2.80. The lowest BCUT2D eigenvalue weighted by Crippen LogP contribution is -2.40. The molecule has 0 aromatic carbocycles.